The van der Waals surface area contributed by atoms with E-state index in [2.05, 4.69) is 62.2 Å². The summed E-state index contributed by atoms with van der Waals surface area (Å²) in [5, 5.41) is 3.35. The minimum absolute atomic E-state index is 0.816. The quantitative estimate of drug-likeness (QED) is 0.627. The lowest BCUT2D eigenvalue weighted by atomic mass is 10.1. The molecule has 0 spiro atoms. The van der Waals surface area contributed by atoms with Crippen molar-refractivity contribution in [2.24, 2.45) is 5.92 Å². The van der Waals surface area contributed by atoms with Gasteiger partial charge in [-0.3, -0.25) is 0 Å². The van der Waals surface area contributed by atoms with E-state index in [1.807, 2.05) is 0 Å². The number of halogens is 2. The van der Waals surface area contributed by atoms with Crippen LogP contribution in [0.2, 0.25) is 0 Å². The van der Waals surface area contributed by atoms with Crippen molar-refractivity contribution in [3.8, 4) is 0 Å². The zero-order valence-electron chi connectivity index (χ0n) is 9.88. The molecule has 0 aromatic carbocycles. The Morgan fingerprint density at radius 3 is 2.75 bits per heavy atom. The molecule has 0 saturated carbocycles. The molecule has 0 fully saturated rings. The Morgan fingerprint density at radius 2 is 2.19 bits per heavy atom. The number of thiophene rings is 1. The first-order chi connectivity index (χ1) is 7.61. The summed E-state index contributed by atoms with van der Waals surface area (Å²) in [6, 6.07) is 2.21. The fraction of sp³-hybridized carbons (Fsp3) is 0.667. The molecule has 1 unspecified atom stereocenters. The van der Waals surface area contributed by atoms with E-state index in [1.54, 1.807) is 11.3 Å². The molecule has 92 valence electrons. The van der Waals surface area contributed by atoms with E-state index in [4.69, 9.17) is 0 Å². The maximum atomic E-state index is 3.50. The van der Waals surface area contributed by atoms with Crippen LogP contribution < -0.4 is 0 Å². The summed E-state index contributed by atoms with van der Waals surface area (Å²) in [6.45, 7) is 4.57. The van der Waals surface area contributed by atoms with Gasteiger partial charge >= 0.3 is 0 Å². The summed E-state index contributed by atoms with van der Waals surface area (Å²) in [4.78, 5) is 2.40. The first-order valence-corrected chi connectivity index (χ1v) is 8.38. The van der Waals surface area contributed by atoms with Crippen LogP contribution in [-0.4, -0.2) is 23.8 Å². The van der Waals surface area contributed by atoms with E-state index >= 15 is 0 Å². The third-order valence-electron chi connectivity index (χ3n) is 2.68. The van der Waals surface area contributed by atoms with Gasteiger partial charge < -0.3 is 4.90 Å². The molecule has 16 heavy (non-hydrogen) atoms. The average molecular weight is 369 g/mol. The molecular weight excluding hydrogens is 350 g/mol. The number of hydrogen-bond donors (Lipinski definition) is 0. The molecule has 1 aromatic rings. The molecule has 1 atom stereocenters. The highest BCUT2D eigenvalue weighted by Gasteiger charge is 2.05. The predicted octanol–water partition coefficient (Wildman–Crippen LogP) is 4.75. The van der Waals surface area contributed by atoms with Gasteiger partial charge in [-0.2, -0.15) is 0 Å². The molecule has 0 bridgehead atoms. The van der Waals surface area contributed by atoms with E-state index in [1.165, 1.54) is 28.7 Å². The van der Waals surface area contributed by atoms with Crippen molar-refractivity contribution in [3.63, 3.8) is 0 Å². The lowest BCUT2D eigenvalue weighted by molar-refractivity contribution is 0.297. The highest BCUT2D eigenvalue weighted by atomic mass is 79.9. The molecule has 1 nitrogen and oxygen atoms in total. The van der Waals surface area contributed by atoms with Crippen LogP contribution in [0, 0.1) is 5.92 Å². The van der Waals surface area contributed by atoms with Crippen LogP contribution in [0.5, 0.6) is 0 Å². The van der Waals surface area contributed by atoms with Crippen molar-refractivity contribution in [1.82, 2.24) is 4.90 Å². The third kappa shape index (κ3) is 5.80. The van der Waals surface area contributed by atoms with E-state index in [0.29, 0.717) is 0 Å². The minimum atomic E-state index is 0.816. The van der Waals surface area contributed by atoms with Crippen molar-refractivity contribution in [3.05, 3.63) is 20.8 Å². The fourth-order valence-corrected chi connectivity index (χ4v) is 3.57. The summed E-state index contributed by atoms with van der Waals surface area (Å²) in [6.07, 6.45) is 2.56. The van der Waals surface area contributed by atoms with Gasteiger partial charge in [0.1, 0.15) is 0 Å². The standard InChI is InChI=1S/C12H19Br2NS/c1-10(3-5-13)4-6-15(2)8-11-7-12(14)16-9-11/h7,9-10H,3-6,8H2,1-2H3. The molecule has 0 amide bonds. The van der Waals surface area contributed by atoms with Crippen LogP contribution in [-0.2, 0) is 6.54 Å². The molecular formula is C12H19Br2NS. The summed E-state index contributed by atoms with van der Waals surface area (Å²) in [5.41, 5.74) is 1.41. The lowest BCUT2D eigenvalue weighted by Gasteiger charge is -2.18. The molecule has 0 aliphatic heterocycles. The molecule has 4 heteroatoms. The zero-order chi connectivity index (χ0) is 12.0. The van der Waals surface area contributed by atoms with Gasteiger partial charge in [0.2, 0.25) is 0 Å². The van der Waals surface area contributed by atoms with Crippen LogP contribution in [0.4, 0.5) is 0 Å². The third-order valence-corrected chi connectivity index (χ3v) is 4.69. The van der Waals surface area contributed by atoms with Gasteiger partial charge in [-0.25, -0.2) is 0 Å². The van der Waals surface area contributed by atoms with Crippen LogP contribution >= 0.6 is 43.2 Å². The molecule has 0 N–H and O–H groups in total. The number of hydrogen-bond acceptors (Lipinski definition) is 2. The molecule has 1 aromatic heterocycles. The Hall–Kier alpha value is 0.620. The topological polar surface area (TPSA) is 3.24 Å². The van der Waals surface area contributed by atoms with Gasteiger partial charge in [-0.15, -0.1) is 11.3 Å². The van der Waals surface area contributed by atoms with Crippen LogP contribution in [0.3, 0.4) is 0 Å². The maximum absolute atomic E-state index is 3.50. The predicted molar refractivity (Wildman–Crippen MR) is 80.5 cm³/mol. The molecule has 0 aliphatic carbocycles. The van der Waals surface area contributed by atoms with Crippen molar-refractivity contribution in [1.29, 1.82) is 0 Å². The zero-order valence-corrected chi connectivity index (χ0v) is 13.9. The van der Waals surface area contributed by atoms with E-state index in [0.717, 1.165) is 17.8 Å². The second kappa shape index (κ2) is 7.85. The SMILES string of the molecule is CC(CCBr)CCN(C)Cc1csc(Br)c1. The van der Waals surface area contributed by atoms with Gasteiger partial charge in [0.15, 0.2) is 0 Å². The second-order valence-electron chi connectivity index (χ2n) is 4.37. The summed E-state index contributed by atoms with van der Waals surface area (Å²) >= 11 is 8.76. The molecule has 0 aliphatic rings. The van der Waals surface area contributed by atoms with Crippen molar-refractivity contribution >= 4 is 43.2 Å². The van der Waals surface area contributed by atoms with Gasteiger partial charge in [0.05, 0.1) is 3.79 Å². The summed E-state index contributed by atoms with van der Waals surface area (Å²) in [5.74, 6) is 0.816. The van der Waals surface area contributed by atoms with Gasteiger partial charge in [-0.1, -0.05) is 22.9 Å². The normalized spacial score (nSPS) is 13.3. The van der Waals surface area contributed by atoms with Gasteiger partial charge in [-0.05, 0) is 65.3 Å². The maximum Gasteiger partial charge on any atom is 0.0701 e. The van der Waals surface area contributed by atoms with E-state index in [-0.39, 0.29) is 0 Å². The van der Waals surface area contributed by atoms with Crippen molar-refractivity contribution in [2.75, 3.05) is 18.9 Å². The highest BCUT2D eigenvalue weighted by molar-refractivity contribution is 9.11. The smallest absolute Gasteiger partial charge is 0.0701 e. The van der Waals surface area contributed by atoms with Gasteiger partial charge in [0.25, 0.3) is 0 Å². The minimum Gasteiger partial charge on any atom is -0.302 e. The lowest BCUT2D eigenvalue weighted by Crippen LogP contribution is -2.20. The first-order valence-electron chi connectivity index (χ1n) is 5.59. The Balaban J connectivity index is 2.23. The molecule has 0 saturated heterocycles. The Morgan fingerprint density at radius 1 is 1.44 bits per heavy atom. The number of rotatable bonds is 7. The average Bonchev–Trinajstić information content (AvgIpc) is 2.61. The molecule has 1 rings (SSSR count). The molecule has 1 heterocycles. The van der Waals surface area contributed by atoms with Crippen LogP contribution in [0.1, 0.15) is 25.3 Å². The van der Waals surface area contributed by atoms with Gasteiger partial charge in [0, 0.05) is 11.9 Å². The monoisotopic (exact) mass is 367 g/mol. The summed E-state index contributed by atoms with van der Waals surface area (Å²) in [7, 11) is 2.20. The van der Waals surface area contributed by atoms with Crippen molar-refractivity contribution < 1.29 is 0 Å². The van der Waals surface area contributed by atoms with Crippen molar-refractivity contribution in [2.45, 2.75) is 26.3 Å². The fourth-order valence-electron chi connectivity index (χ4n) is 1.59. The van der Waals surface area contributed by atoms with E-state index < -0.39 is 0 Å². The first kappa shape index (κ1) is 14.7. The second-order valence-corrected chi connectivity index (χ2v) is 7.45. The van der Waals surface area contributed by atoms with Crippen LogP contribution in [0.15, 0.2) is 15.2 Å². The largest absolute Gasteiger partial charge is 0.302 e. The Labute approximate surface area is 119 Å². The summed E-state index contributed by atoms with van der Waals surface area (Å²) < 4.78 is 1.23. The Bertz CT molecular complexity index is 301. The number of nitrogens with zero attached hydrogens (tertiary/aromatic N) is 1. The molecule has 0 radical (unpaired) electrons. The Kier molecular flexibility index (Phi) is 7.20. The highest BCUT2D eigenvalue weighted by Crippen LogP contribution is 2.21. The van der Waals surface area contributed by atoms with Crippen LogP contribution in [0.25, 0.3) is 0 Å². The number of alkyl halides is 1. The van der Waals surface area contributed by atoms with E-state index in [9.17, 15) is 0 Å².